The summed E-state index contributed by atoms with van der Waals surface area (Å²) in [4.78, 5) is 34.5. The number of hydrogen-bond acceptors (Lipinski definition) is 3. The summed E-state index contributed by atoms with van der Waals surface area (Å²) in [7, 11) is 0. The number of fused-ring (bicyclic) bond motifs is 1. The SMILES string of the molecule is CCCCCN(C(=O)c1ccccc1Cl)C(CC)c1nc2ccccc2c(=O)n1-c1cccc(Cl)c1. The van der Waals surface area contributed by atoms with Gasteiger partial charge in [0.05, 0.1) is 33.2 Å². The van der Waals surface area contributed by atoms with Gasteiger partial charge >= 0.3 is 0 Å². The van der Waals surface area contributed by atoms with Crippen LogP contribution in [-0.4, -0.2) is 26.9 Å². The minimum atomic E-state index is -0.457. The van der Waals surface area contributed by atoms with Crippen molar-refractivity contribution in [3.63, 3.8) is 0 Å². The van der Waals surface area contributed by atoms with Gasteiger partial charge in [0.15, 0.2) is 0 Å². The van der Waals surface area contributed by atoms with Crippen molar-refractivity contribution < 1.29 is 4.79 Å². The third kappa shape index (κ3) is 5.32. The zero-order chi connectivity index (χ0) is 25.7. The van der Waals surface area contributed by atoms with Crippen molar-refractivity contribution in [2.45, 2.75) is 45.6 Å². The number of carbonyl (C=O) groups excluding carboxylic acids is 1. The summed E-state index contributed by atoms with van der Waals surface area (Å²) in [5.74, 6) is 0.323. The Bertz CT molecular complexity index is 1430. The lowest BCUT2D eigenvalue weighted by molar-refractivity contribution is 0.0655. The van der Waals surface area contributed by atoms with Crippen LogP contribution in [0.15, 0.2) is 77.6 Å². The highest BCUT2D eigenvalue weighted by molar-refractivity contribution is 6.33. The molecule has 1 amide bonds. The maximum absolute atomic E-state index is 13.9. The van der Waals surface area contributed by atoms with Gasteiger partial charge in [-0.25, -0.2) is 4.98 Å². The average Bonchev–Trinajstić information content (AvgIpc) is 2.88. The minimum Gasteiger partial charge on any atom is -0.328 e. The van der Waals surface area contributed by atoms with E-state index in [4.69, 9.17) is 28.2 Å². The Morgan fingerprint density at radius 2 is 1.72 bits per heavy atom. The van der Waals surface area contributed by atoms with Crippen molar-refractivity contribution in [2.24, 2.45) is 0 Å². The maximum Gasteiger partial charge on any atom is 0.266 e. The molecule has 1 atom stereocenters. The number of unbranched alkanes of at least 4 members (excludes halogenated alkanes) is 2. The van der Waals surface area contributed by atoms with E-state index in [1.165, 1.54) is 0 Å². The van der Waals surface area contributed by atoms with Gasteiger partial charge in [0.2, 0.25) is 0 Å². The average molecular weight is 522 g/mol. The molecule has 4 aromatic rings. The number of para-hydroxylation sites is 1. The second-order valence-electron chi connectivity index (χ2n) is 8.72. The highest BCUT2D eigenvalue weighted by Gasteiger charge is 2.30. The van der Waals surface area contributed by atoms with Gasteiger partial charge in [-0.05, 0) is 55.3 Å². The van der Waals surface area contributed by atoms with Crippen LogP contribution in [0.4, 0.5) is 0 Å². The van der Waals surface area contributed by atoms with Gasteiger partial charge in [0.1, 0.15) is 5.82 Å². The zero-order valence-electron chi connectivity index (χ0n) is 20.5. The predicted molar refractivity (Wildman–Crippen MR) is 147 cm³/mol. The van der Waals surface area contributed by atoms with Crippen molar-refractivity contribution in [1.29, 1.82) is 0 Å². The lowest BCUT2D eigenvalue weighted by atomic mass is 10.1. The Balaban J connectivity index is 1.94. The molecule has 0 fully saturated rings. The zero-order valence-corrected chi connectivity index (χ0v) is 22.0. The van der Waals surface area contributed by atoms with E-state index >= 15 is 0 Å². The minimum absolute atomic E-state index is 0.177. The molecule has 0 bridgehead atoms. The second kappa shape index (κ2) is 11.7. The first-order chi connectivity index (χ1) is 17.5. The van der Waals surface area contributed by atoms with E-state index in [2.05, 4.69) is 6.92 Å². The second-order valence-corrected chi connectivity index (χ2v) is 9.56. The van der Waals surface area contributed by atoms with E-state index in [1.807, 2.05) is 36.1 Å². The van der Waals surface area contributed by atoms with E-state index in [-0.39, 0.29) is 11.5 Å². The van der Waals surface area contributed by atoms with Crippen molar-refractivity contribution in [1.82, 2.24) is 14.5 Å². The Kier molecular flexibility index (Phi) is 8.44. The fraction of sp³-hybridized carbons (Fsp3) is 0.276. The third-order valence-corrected chi connectivity index (χ3v) is 6.86. The van der Waals surface area contributed by atoms with Gasteiger partial charge in [-0.2, -0.15) is 0 Å². The van der Waals surface area contributed by atoms with Gasteiger partial charge < -0.3 is 4.90 Å². The number of halogens is 2. The largest absolute Gasteiger partial charge is 0.328 e. The molecule has 0 aliphatic carbocycles. The predicted octanol–water partition coefficient (Wildman–Crippen LogP) is 7.48. The van der Waals surface area contributed by atoms with E-state index in [1.54, 1.807) is 53.1 Å². The Hall–Kier alpha value is -3.15. The van der Waals surface area contributed by atoms with Crippen LogP contribution in [-0.2, 0) is 0 Å². The molecule has 0 spiro atoms. The summed E-state index contributed by atoms with van der Waals surface area (Å²) < 4.78 is 1.59. The molecule has 36 heavy (non-hydrogen) atoms. The van der Waals surface area contributed by atoms with Gasteiger partial charge in [-0.1, -0.05) is 80.2 Å². The molecule has 3 aromatic carbocycles. The summed E-state index contributed by atoms with van der Waals surface area (Å²) in [5.41, 5.74) is 1.44. The van der Waals surface area contributed by atoms with Gasteiger partial charge in [-0.3, -0.25) is 14.2 Å². The van der Waals surface area contributed by atoms with Crippen LogP contribution in [0.5, 0.6) is 0 Å². The molecular weight excluding hydrogens is 493 g/mol. The first-order valence-electron chi connectivity index (χ1n) is 12.3. The van der Waals surface area contributed by atoms with Crippen molar-refractivity contribution in [3.05, 3.63) is 105 Å². The monoisotopic (exact) mass is 521 g/mol. The number of aromatic nitrogens is 2. The van der Waals surface area contributed by atoms with Crippen LogP contribution < -0.4 is 5.56 Å². The molecule has 7 heteroatoms. The first kappa shape index (κ1) is 25.9. The van der Waals surface area contributed by atoms with E-state index in [0.29, 0.717) is 51.0 Å². The molecule has 1 aromatic heterocycles. The smallest absolute Gasteiger partial charge is 0.266 e. The van der Waals surface area contributed by atoms with Crippen molar-refractivity contribution in [2.75, 3.05) is 6.54 Å². The fourth-order valence-electron chi connectivity index (χ4n) is 4.50. The lowest BCUT2D eigenvalue weighted by Crippen LogP contribution is -2.39. The third-order valence-electron chi connectivity index (χ3n) is 6.30. The highest BCUT2D eigenvalue weighted by Crippen LogP contribution is 2.30. The van der Waals surface area contributed by atoms with E-state index < -0.39 is 6.04 Å². The van der Waals surface area contributed by atoms with Crippen molar-refractivity contribution in [3.8, 4) is 5.69 Å². The molecule has 0 N–H and O–H groups in total. The Morgan fingerprint density at radius 1 is 0.972 bits per heavy atom. The fourth-order valence-corrected chi connectivity index (χ4v) is 4.90. The van der Waals surface area contributed by atoms with Crippen molar-refractivity contribution >= 4 is 40.0 Å². The van der Waals surface area contributed by atoms with Crippen LogP contribution in [0.3, 0.4) is 0 Å². The molecule has 0 aliphatic heterocycles. The number of rotatable bonds is 9. The highest BCUT2D eigenvalue weighted by atomic mass is 35.5. The summed E-state index contributed by atoms with van der Waals surface area (Å²) in [5, 5.41) is 1.42. The molecule has 1 heterocycles. The summed E-state index contributed by atoms with van der Waals surface area (Å²) in [6, 6.07) is 21.0. The quantitative estimate of drug-likeness (QED) is 0.214. The first-order valence-corrected chi connectivity index (χ1v) is 13.0. The topological polar surface area (TPSA) is 55.2 Å². The molecule has 0 aliphatic rings. The Labute approximate surface area is 221 Å². The van der Waals surface area contributed by atoms with Gasteiger partial charge in [0.25, 0.3) is 11.5 Å². The molecule has 0 saturated heterocycles. The number of benzene rings is 3. The van der Waals surface area contributed by atoms with Gasteiger partial charge in [-0.15, -0.1) is 0 Å². The van der Waals surface area contributed by atoms with Gasteiger partial charge in [0, 0.05) is 11.6 Å². The normalized spacial score (nSPS) is 12.0. The lowest BCUT2D eigenvalue weighted by Gasteiger charge is -2.33. The molecule has 186 valence electrons. The molecular formula is C29H29Cl2N3O2. The maximum atomic E-state index is 13.9. The molecule has 0 radical (unpaired) electrons. The number of nitrogens with zero attached hydrogens (tertiary/aromatic N) is 3. The summed E-state index contributed by atoms with van der Waals surface area (Å²) >= 11 is 12.7. The number of hydrogen-bond donors (Lipinski definition) is 0. The van der Waals surface area contributed by atoms with Crippen LogP contribution in [0.2, 0.25) is 10.0 Å². The van der Waals surface area contributed by atoms with Crippen LogP contribution >= 0.6 is 23.2 Å². The van der Waals surface area contributed by atoms with E-state index in [0.717, 1.165) is 19.3 Å². The number of amides is 1. The standard InChI is InChI=1S/C29H29Cl2N3O2/c1-3-5-10-18-33(28(35)22-14-6-8-16-24(22)31)26(4-2)27-32-25-17-9-7-15-23(25)29(36)34(27)21-13-11-12-20(30)19-21/h6-9,11-17,19,26H,3-5,10,18H2,1-2H3. The summed E-state index contributed by atoms with van der Waals surface area (Å²) in [6.45, 7) is 4.65. The molecule has 0 saturated carbocycles. The van der Waals surface area contributed by atoms with Crippen LogP contribution in [0.25, 0.3) is 16.6 Å². The number of carbonyl (C=O) groups is 1. The Morgan fingerprint density at radius 3 is 2.44 bits per heavy atom. The van der Waals surface area contributed by atoms with Crippen LogP contribution in [0.1, 0.15) is 61.8 Å². The molecule has 5 nitrogen and oxygen atoms in total. The van der Waals surface area contributed by atoms with Crippen LogP contribution in [0, 0.1) is 0 Å². The molecule has 1 unspecified atom stereocenters. The molecule has 4 rings (SSSR count). The summed E-state index contributed by atoms with van der Waals surface area (Å²) in [6.07, 6.45) is 3.40. The van der Waals surface area contributed by atoms with E-state index in [9.17, 15) is 9.59 Å².